The number of benzene rings is 2. The molecular formula is C29H38N6O4. The quantitative estimate of drug-likeness (QED) is 0.366. The molecule has 0 aliphatic carbocycles. The largest absolute Gasteiger partial charge is 0.374 e. The summed E-state index contributed by atoms with van der Waals surface area (Å²) < 4.78 is 7.62. The maximum atomic E-state index is 13.2. The van der Waals surface area contributed by atoms with Crippen LogP contribution in [-0.4, -0.2) is 62.9 Å². The Hall–Kier alpha value is -3.76. The maximum Gasteiger partial charge on any atom is 0.249 e. The van der Waals surface area contributed by atoms with Gasteiger partial charge in [0, 0.05) is 18.3 Å². The highest BCUT2D eigenvalue weighted by molar-refractivity contribution is 5.99. The molecule has 2 unspecified atom stereocenters. The van der Waals surface area contributed by atoms with Crippen LogP contribution in [0.1, 0.15) is 52.1 Å². The number of ether oxygens (including phenoxy) is 1. The lowest BCUT2D eigenvalue weighted by Crippen LogP contribution is -2.56. The molecule has 1 aromatic heterocycles. The fraction of sp³-hybridized carbons (Fsp3) is 0.448. The van der Waals surface area contributed by atoms with E-state index in [-0.39, 0.29) is 18.6 Å². The topological polar surface area (TPSA) is 132 Å². The first-order chi connectivity index (χ1) is 18.5. The molecule has 1 aliphatic heterocycles. The van der Waals surface area contributed by atoms with Crippen LogP contribution >= 0.6 is 0 Å². The predicted octanol–water partition coefficient (Wildman–Crippen LogP) is 2.99. The van der Waals surface area contributed by atoms with Crippen molar-refractivity contribution in [3.63, 3.8) is 0 Å². The Labute approximate surface area is 228 Å². The average Bonchev–Trinajstić information content (AvgIpc) is 3.53. The number of nitrogens with two attached hydrogens (primary N) is 1. The fourth-order valence-corrected chi connectivity index (χ4v) is 4.66. The molecular weight excluding hydrogens is 496 g/mol. The standard InChI is InChI=1S/C29H38N6O4/c1-19-9-8-14-34(19)27(37)20(2)35-18-31-23-15-22(12-13-25(23)35)32-26(36)24(33-28(38)29(3,4)30)17-39-16-21-10-6-5-7-11-21/h5-7,10-13,15,18-20,24H,8-9,14,16-17,30H2,1-4H3,(H,32,36)(H,33,38)/t19?,20?,24-/m1/s1. The van der Waals surface area contributed by atoms with Crippen molar-refractivity contribution in [2.24, 2.45) is 5.73 Å². The second kappa shape index (κ2) is 12.0. The number of hydrogen-bond donors (Lipinski definition) is 3. The summed E-state index contributed by atoms with van der Waals surface area (Å²) in [6.07, 6.45) is 3.70. The van der Waals surface area contributed by atoms with Gasteiger partial charge in [-0.05, 0) is 64.3 Å². The van der Waals surface area contributed by atoms with Crippen LogP contribution in [-0.2, 0) is 25.7 Å². The van der Waals surface area contributed by atoms with Crippen molar-refractivity contribution >= 4 is 34.4 Å². The molecule has 4 rings (SSSR count). The number of aromatic nitrogens is 2. The van der Waals surface area contributed by atoms with Crippen LogP contribution in [0.25, 0.3) is 11.0 Å². The minimum atomic E-state index is -1.16. The van der Waals surface area contributed by atoms with Crippen LogP contribution in [0.5, 0.6) is 0 Å². The molecule has 3 amide bonds. The zero-order valence-corrected chi connectivity index (χ0v) is 23.0. The number of carbonyl (C=O) groups excluding carboxylic acids is 3. The van der Waals surface area contributed by atoms with Gasteiger partial charge in [0.05, 0.1) is 36.1 Å². The molecule has 208 valence electrons. The second-order valence-corrected chi connectivity index (χ2v) is 10.8. The van der Waals surface area contributed by atoms with E-state index in [1.165, 1.54) is 0 Å². The molecule has 10 nitrogen and oxygen atoms in total. The molecule has 1 aliphatic rings. The summed E-state index contributed by atoms with van der Waals surface area (Å²) in [5.74, 6) is -0.828. The zero-order chi connectivity index (χ0) is 28.2. The van der Waals surface area contributed by atoms with E-state index in [9.17, 15) is 14.4 Å². The summed E-state index contributed by atoms with van der Waals surface area (Å²) in [6, 6.07) is 13.8. The Balaban J connectivity index is 1.45. The molecule has 0 saturated carbocycles. The van der Waals surface area contributed by atoms with Gasteiger partial charge in [-0.25, -0.2) is 4.98 Å². The Morgan fingerprint density at radius 1 is 1.18 bits per heavy atom. The van der Waals surface area contributed by atoms with Crippen LogP contribution in [0.3, 0.4) is 0 Å². The van der Waals surface area contributed by atoms with E-state index in [1.54, 1.807) is 32.3 Å². The number of hydrogen-bond acceptors (Lipinski definition) is 6. The number of carbonyl (C=O) groups is 3. The third kappa shape index (κ3) is 6.82. The van der Waals surface area contributed by atoms with Gasteiger partial charge < -0.3 is 30.6 Å². The second-order valence-electron chi connectivity index (χ2n) is 10.8. The summed E-state index contributed by atoms with van der Waals surface area (Å²) in [4.78, 5) is 45.3. The highest BCUT2D eigenvalue weighted by atomic mass is 16.5. The van der Waals surface area contributed by atoms with Crippen molar-refractivity contribution < 1.29 is 19.1 Å². The molecule has 3 aromatic rings. The average molecular weight is 535 g/mol. The number of nitrogens with zero attached hydrogens (tertiary/aromatic N) is 3. The number of fused-ring (bicyclic) bond motifs is 1. The lowest BCUT2D eigenvalue weighted by Gasteiger charge is -2.26. The van der Waals surface area contributed by atoms with E-state index in [0.29, 0.717) is 17.8 Å². The fourth-order valence-electron chi connectivity index (χ4n) is 4.66. The molecule has 0 spiro atoms. The van der Waals surface area contributed by atoms with Crippen LogP contribution in [0.2, 0.25) is 0 Å². The first-order valence-corrected chi connectivity index (χ1v) is 13.3. The van der Waals surface area contributed by atoms with E-state index < -0.39 is 29.4 Å². The molecule has 4 N–H and O–H groups in total. The van der Waals surface area contributed by atoms with E-state index in [4.69, 9.17) is 10.5 Å². The summed E-state index contributed by atoms with van der Waals surface area (Å²) >= 11 is 0. The van der Waals surface area contributed by atoms with Crippen LogP contribution < -0.4 is 16.4 Å². The molecule has 2 aromatic carbocycles. The lowest BCUT2D eigenvalue weighted by molar-refractivity contribution is -0.134. The van der Waals surface area contributed by atoms with Gasteiger partial charge in [0.25, 0.3) is 0 Å². The van der Waals surface area contributed by atoms with Crippen molar-refractivity contribution in [3.8, 4) is 0 Å². The number of imidazole rings is 1. The van der Waals surface area contributed by atoms with Gasteiger partial charge in [-0.2, -0.15) is 0 Å². The normalized spacial score (nSPS) is 17.2. The van der Waals surface area contributed by atoms with Gasteiger partial charge in [-0.3, -0.25) is 14.4 Å². The Morgan fingerprint density at radius 2 is 1.92 bits per heavy atom. The number of anilines is 1. The highest BCUT2D eigenvalue weighted by Gasteiger charge is 2.30. The number of rotatable bonds is 10. The lowest BCUT2D eigenvalue weighted by atomic mass is 10.1. The van der Waals surface area contributed by atoms with Crippen molar-refractivity contribution in [2.45, 2.75) is 70.8 Å². The summed E-state index contributed by atoms with van der Waals surface area (Å²) in [7, 11) is 0. The van der Waals surface area contributed by atoms with E-state index in [2.05, 4.69) is 22.5 Å². The molecule has 10 heteroatoms. The van der Waals surface area contributed by atoms with Crippen LogP contribution in [0.4, 0.5) is 5.69 Å². The minimum Gasteiger partial charge on any atom is -0.374 e. The van der Waals surface area contributed by atoms with Gasteiger partial charge >= 0.3 is 0 Å². The monoisotopic (exact) mass is 534 g/mol. The molecule has 0 radical (unpaired) electrons. The number of amides is 3. The van der Waals surface area contributed by atoms with Crippen molar-refractivity contribution in [1.29, 1.82) is 0 Å². The molecule has 1 saturated heterocycles. The third-order valence-corrected chi connectivity index (χ3v) is 7.06. The molecule has 0 bridgehead atoms. The maximum absolute atomic E-state index is 13.2. The summed E-state index contributed by atoms with van der Waals surface area (Å²) in [5, 5.41) is 5.55. The van der Waals surface area contributed by atoms with Gasteiger partial charge in [-0.1, -0.05) is 30.3 Å². The zero-order valence-electron chi connectivity index (χ0n) is 23.0. The number of nitrogens with one attached hydrogen (secondary N) is 2. The van der Waals surface area contributed by atoms with Gasteiger partial charge in [0.15, 0.2) is 0 Å². The van der Waals surface area contributed by atoms with Crippen molar-refractivity contribution in [2.75, 3.05) is 18.5 Å². The summed E-state index contributed by atoms with van der Waals surface area (Å²) in [6.45, 7) is 8.14. The first kappa shape index (κ1) is 28.3. The number of likely N-dealkylation sites (tertiary alicyclic amines) is 1. The molecule has 39 heavy (non-hydrogen) atoms. The van der Waals surface area contributed by atoms with Gasteiger partial charge in [-0.15, -0.1) is 0 Å². The first-order valence-electron chi connectivity index (χ1n) is 13.3. The summed E-state index contributed by atoms with van der Waals surface area (Å²) in [5.41, 5.74) is 7.68. The van der Waals surface area contributed by atoms with E-state index >= 15 is 0 Å². The molecule has 3 atom stereocenters. The van der Waals surface area contributed by atoms with Crippen LogP contribution in [0.15, 0.2) is 54.9 Å². The van der Waals surface area contributed by atoms with Gasteiger partial charge in [0.1, 0.15) is 12.1 Å². The molecule has 1 fully saturated rings. The third-order valence-electron chi connectivity index (χ3n) is 7.06. The van der Waals surface area contributed by atoms with Crippen molar-refractivity contribution in [3.05, 3.63) is 60.4 Å². The van der Waals surface area contributed by atoms with Gasteiger partial charge in [0.2, 0.25) is 17.7 Å². The SMILES string of the molecule is CC1CCCN1C(=O)C(C)n1cnc2cc(NC(=O)[C@@H](COCc3ccccc3)NC(=O)C(C)(C)N)ccc21. The van der Waals surface area contributed by atoms with Crippen LogP contribution in [0, 0.1) is 0 Å². The smallest absolute Gasteiger partial charge is 0.249 e. The predicted molar refractivity (Wildman–Crippen MR) is 150 cm³/mol. The van der Waals surface area contributed by atoms with E-state index in [0.717, 1.165) is 30.5 Å². The minimum absolute atomic E-state index is 0.0338. The Bertz CT molecular complexity index is 1320. The highest BCUT2D eigenvalue weighted by Crippen LogP contribution is 2.25. The molecule has 2 heterocycles. The van der Waals surface area contributed by atoms with E-state index in [1.807, 2.05) is 52.8 Å². The van der Waals surface area contributed by atoms with Crippen molar-refractivity contribution in [1.82, 2.24) is 19.8 Å². The Morgan fingerprint density at radius 3 is 2.59 bits per heavy atom. The Kier molecular flexibility index (Phi) is 8.66.